The highest BCUT2D eigenvalue weighted by Crippen LogP contribution is 2.06. The molecule has 0 heterocycles. The lowest BCUT2D eigenvalue weighted by Crippen LogP contribution is -2.34. The first-order valence-electron chi connectivity index (χ1n) is 4.85. The molecule has 0 aliphatic heterocycles. The van der Waals surface area contributed by atoms with Crippen LogP contribution in [-0.4, -0.2) is 18.5 Å². The van der Waals surface area contributed by atoms with E-state index < -0.39 is 0 Å². The van der Waals surface area contributed by atoms with Crippen molar-refractivity contribution in [2.75, 3.05) is 12.4 Å². The fourth-order valence-corrected chi connectivity index (χ4v) is 1.41. The van der Waals surface area contributed by atoms with Crippen molar-refractivity contribution in [3.63, 3.8) is 0 Å². The molecule has 74 valence electrons. The molecule has 0 aromatic heterocycles. The van der Waals surface area contributed by atoms with Crippen LogP contribution < -0.4 is 5.32 Å². The van der Waals surface area contributed by atoms with Gasteiger partial charge >= 0.3 is 0 Å². The molecule has 0 aromatic carbocycles. The van der Waals surface area contributed by atoms with Crippen LogP contribution in [0.3, 0.4) is 0 Å². The highest BCUT2D eigenvalue weighted by atomic mass is 35.5. The summed E-state index contributed by atoms with van der Waals surface area (Å²) in [5.74, 6) is 2.17. The first kappa shape index (κ1) is 12.2. The lowest BCUT2D eigenvalue weighted by molar-refractivity contribution is 0.420. The van der Waals surface area contributed by atoms with Gasteiger partial charge in [-0.15, -0.1) is 11.6 Å². The van der Waals surface area contributed by atoms with E-state index >= 15 is 0 Å². The quantitative estimate of drug-likeness (QED) is 0.637. The van der Waals surface area contributed by atoms with Crippen LogP contribution in [0.15, 0.2) is 0 Å². The second kappa shape index (κ2) is 6.73. The van der Waals surface area contributed by atoms with Crippen molar-refractivity contribution in [2.24, 2.45) is 11.8 Å². The van der Waals surface area contributed by atoms with Crippen molar-refractivity contribution in [3.05, 3.63) is 0 Å². The average molecular weight is 192 g/mol. The van der Waals surface area contributed by atoms with Crippen molar-refractivity contribution >= 4 is 11.6 Å². The summed E-state index contributed by atoms with van der Waals surface area (Å²) < 4.78 is 0. The number of rotatable bonds is 6. The van der Waals surface area contributed by atoms with E-state index in [1.54, 1.807) is 0 Å². The highest BCUT2D eigenvalue weighted by Gasteiger charge is 2.08. The molecule has 0 aliphatic carbocycles. The van der Waals surface area contributed by atoms with E-state index in [-0.39, 0.29) is 0 Å². The molecule has 1 unspecified atom stereocenters. The number of halogens is 1. The van der Waals surface area contributed by atoms with E-state index in [4.69, 9.17) is 11.6 Å². The summed E-state index contributed by atoms with van der Waals surface area (Å²) in [4.78, 5) is 0. The standard InChI is InChI=1S/C10H22ClN/c1-8(2)5-10(6-11)12-7-9(3)4/h8-10,12H,5-7H2,1-4H3. The summed E-state index contributed by atoms with van der Waals surface area (Å²) in [5.41, 5.74) is 0. The van der Waals surface area contributed by atoms with Crippen LogP contribution in [0.5, 0.6) is 0 Å². The minimum atomic E-state index is 0.495. The monoisotopic (exact) mass is 191 g/mol. The van der Waals surface area contributed by atoms with Crippen molar-refractivity contribution in [3.8, 4) is 0 Å². The maximum Gasteiger partial charge on any atom is 0.0377 e. The molecule has 0 bridgehead atoms. The molecular formula is C10H22ClN. The van der Waals surface area contributed by atoms with Gasteiger partial charge in [0.2, 0.25) is 0 Å². The molecule has 0 radical (unpaired) electrons. The van der Waals surface area contributed by atoms with Crippen molar-refractivity contribution in [1.29, 1.82) is 0 Å². The lowest BCUT2D eigenvalue weighted by Gasteiger charge is -2.19. The van der Waals surface area contributed by atoms with Crippen molar-refractivity contribution in [1.82, 2.24) is 5.32 Å². The van der Waals surface area contributed by atoms with Crippen molar-refractivity contribution < 1.29 is 0 Å². The van der Waals surface area contributed by atoms with Gasteiger partial charge in [0.15, 0.2) is 0 Å². The molecule has 2 heteroatoms. The molecule has 0 saturated carbocycles. The Morgan fingerprint density at radius 1 is 1.08 bits per heavy atom. The largest absolute Gasteiger partial charge is 0.313 e. The van der Waals surface area contributed by atoms with Crippen LogP contribution in [0.2, 0.25) is 0 Å². The summed E-state index contributed by atoms with van der Waals surface area (Å²) in [5, 5.41) is 3.47. The van der Waals surface area contributed by atoms with Gasteiger partial charge in [0, 0.05) is 11.9 Å². The van der Waals surface area contributed by atoms with Crippen molar-refractivity contribution in [2.45, 2.75) is 40.2 Å². The van der Waals surface area contributed by atoms with Gasteiger partial charge in [-0.1, -0.05) is 27.7 Å². The van der Waals surface area contributed by atoms with Gasteiger partial charge in [0.25, 0.3) is 0 Å². The normalized spacial score (nSPS) is 14.2. The second-order valence-electron chi connectivity index (χ2n) is 4.28. The Bertz CT molecular complexity index is 102. The topological polar surface area (TPSA) is 12.0 Å². The Balaban J connectivity index is 3.53. The van der Waals surface area contributed by atoms with E-state index in [0.717, 1.165) is 18.3 Å². The van der Waals surface area contributed by atoms with E-state index in [0.29, 0.717) is 12.0 Å². The molecule has 0 saturated heterocycles. The zero-order chi connectivity index (χ0) is 9.56. The number of hydrogen-bond donors (Lipinski definition) is 1. The van der Waals surface area contributed by atoms with E-state index in [9.17, 15) is 0 Å². The van der Waals surface area contributed by atoms with E-state index in [1.165, 1.54) is 6.42 Å². The maximum absolute atomic E-state index is 5.83. The molecule has 0 spiro atoms. The minimum absolute atomic E-state index is 0.495. The third kappa shape index (κ3) is 6.93. The number of nitrogens with one attached hydrogen (secondary N) is 1. The first-order valence-corrected chi connectivity index (χ1v) is 5.39. The third-order valence-corrected chi connectivity index (χ3v) is 2.13. The van der Waals surface area contributed by atoms with Crippen LogP contribution in [0.4, 0.5) is 0 Å². The molecule has 0 fully saturated rings. The SMILES string of the molecule is CC(C)CNC(CCl)CC(C)C. The molecule has 0 aromatic rings. The maximum atomic E-state index is 5.83. The molecule has 12 heavy (non-hydrogen) atoms. The smallest absolute Gasteiger partial charge is 0.0377 e. The number of hydrogen-bond acceptors (Lipinski definition) is 1. The minimum Gasteiger partial charge on any atom is -0.313 e. The second-order valence-corrected chi connectivity index (χ2v) is 4.59. The van der Waals surface area contributed by atoms with E-state index in [2.05, 4.69) is 33.0 Å². The summed E-state index contributed by atoms with van der Waals surface area (Å²) >= 11 is 5.83. The van der Waals surface area contributed by atoms with E-state index in [1.807, 2.05) is 0 Å². The molecule has 1 atom stereocenters. The Hall–Kier alpha value is 0.250. The van der Waals surface area contributed by atoms with Gasteiger partial charge in [-0.2, -0.15) is 0 Å². The van der Waals surface area contributed by atoms with Crippen LogP contribution in [0.25, 0.3) is 0 Å². The predicted molar refractivity (Wildman–Crippen MR) is 56.8 cm³/mol. The Kier molecular flexibility index (Phi) is 6.87. The van der Waals surface area contributed by atoms with Crippen LogP contribution >= 0.6 is 11.6 Å². The lowest BCUT2D eigenvalue weighted by atomic mass is 10.0. The van der Waals surface area contributed by atoms with Crippen LogP contribution in [0.1, 0.15) is 34.1 Å². The fraction of sp³-hybridized carbons (Fsp3) is 1.00. The molecule has 1 N–H and O–H groups in total. The third-order valence-electron chi connectivity index (χ3n) is 1.76. The van der Waals surface area contributed by atoms with Crippen LogP contribution in [-0.2, 0) is 0 Å². The average Bonchev–Trinajstić information content (AvgIpc) is 1.97. The first-order chi connectivity index (χ1) is 5.56. The zero-order valence-corrected chi connectivity index (χ0v) is 9.49. The zero-order valence-electron chi connectivity index (χ0n) is 8.73. The molecule has 0 amide bonds. The van der Waals surface area contributed by atoms with Gasteiger partial charge in [-0.25, -0.2) is 0 Å². The molecule has 0 rings (SSSR count). The number of alkyl halides is 1. The van der Waals surface area contributed by atoms with Crippen LogP contribution in [0, 0.1) is 11.8 Å². The molecule has 0 aliphatic rings. The predicted octanol–water partition coefficient (Wildman–Crippen LogP) is 2.89. The van der Waals surface area contributed by atoms with Gasteiger partial charge < -0.3 is 5.32 Å². The van der Waals surface area contributed by atoms with Gasteiger partial charge in [-0.3, -0.25) is 0 Å². The molecular weight excluding hydrogens is 170 g/mol. The summed E-state index contributed by atoms with van der Waals surface area (Å²) in [6.07, 6.45) is 1.18. The highest BCUT2D eigenvalue weighted by molar-refractivity contribution is 6.18. The summed E-state index contributed by atoms with van der Waals surface area (Å²) in [6.45, 7) is 9.97. The van der Waals surface area contributed by atoms with Gasteiger partial charge in [-0.05, 0) is 24.8 Å². The Labute approximate surface area is 81.9 Å². The fourth-order valence-electron chi connectivity index (χ4n) is 1.17. The van der Waals surface area contributed by atoms with Gasteiger partial charge in [0.1, 0.15) is 0 Å². The summed E-state index contributed by atoms with van der Waals surface area (Å²) in [7, 11) is 0. The molecule has 1 nitrogen and oxygen atoms in total. The Morgan fingerprint density at radius 3 is 2.00 bits per heavy atom. The van der Waals surface area contributed by atoms with Gasteiger partial charge in [0.05, 0.1) is 0 Å². The summed E-state index contributed by atoms with van der Waals surface area (Å²) in [6, 6.07) is 0.495. The Morgan fingerprint density at radius 2 is 1.67 bits per heavy atom.